The molecule has 130 valence electrons. The van der Waals surface area contributed by atoms with Crippen LogP contribution in [-0.4, -0.2) is 40.7 Å². The number of nitrogens with zero attached hydrogens (tertiary/aromatic N) is 5. The lowest BCUT2D eigenvalue weighted by atomic mass is 10.1. The monoisotopic (exact) mass is 356 g/mol. The number of nitrogens with one attached hydrogen (secondary N) is 1. The molecule has 0 atom stereocenters. The summed E-state index contributed by atoms with van der Waals surface area (Å²) < 4.78 is 36.2. The van der Waals surface area contributed by atoms with Gasteiger partial charge in [-0.2, -0.15) is 15.5 Å². The summed E-state index contributed by atoms with van der Waals surface area (Å²) in [6.07, 6.45) is 0. The summed E-state index contributed by atoms with van der Waals surface area (Å²) in [6, 6.07) is 4.44. The lowest BCUT2D eigenvalue weighted by Gasteiger charge is -2.29. The quantitative estimate of drug-likeness (QED) is 0.697. The van der Waals surface area contributed by atoms with Crippen LogP contribution < -0.4 is 10.5 Å². The number of hydrogen-bond donors (Lipinski definition) is 1. The van der Waals surface area contributed by atoms with Gasteiger partial charge in [0, 0.05) is 13.1 Å². The summed E-state index contributed by atoms with van der Waals surface area (Å²) in [7, 11) is 0. The Labute approximate surface area is 144 Å². The molecule has 0 bridgehead atoms. The van der Waals surface area contributed by atoms with Gasteiger partial charge in [-0.3, -0.25) is 14.2 Å². The van der Waals surface area contributed by atoms with E-state index in [0.29, 0.717) is 13.2 Å². The zero-order valence-corrected chi connectivity index (χ0v) is 13.2. The molecule has 0 spiro atoms. The summed E-state index contributed by atoms with van der Waals surface area (Å²) in [6.45, 7) is 1.19. The van der Waals surface area contributed by atoms with E-state index in [9.17, 15) is 14.4 Å². The molecule has 1 aliphatic heterocycles. The molecule has 1 N–H and O–H groups in total. The predicted molar refractivity (Wildman–Crippen MR) is 85.7 cm³/mol. The number of aromatic amines is 1. The normalized spacial score (nSPS) is 14.5. The second kappa shape index (κ2) is 5.79. The van der Waals surface area contributed by atoms with Crippen molar-refractivity contribution in [3.05, 3.63) is 39.4 Å². The molecule has 8 nitrogen and oxygen atoms in total. The second-order valence-electron chi connectivity index (χ2n) is 5.66. The molecule has 0 saturated carbocycles. The van der Waals surface area contributed by atoms with E-state index in [2.05, 4.69) is 9.97 Å². The van der Waals surface area contributed by atoms with Gasteiger partial charge in [-0.05, 0) is 6.07 Å². The molecule has 0 amide bonds. The Balaban J connectivity index is 2.17. The lowest BCUT2D eigenvalue weighted by molar-refractivity contribution is 0.122. The van der Waals surface area contributed by atoms with Gasteiger partial charge in [-0.1, -0.05) is 0 Å². The average Bonchev–Trinajstić information content (AvgIpc) is 2.99. The van der Waals surface area contributed by atoms with E-state index < -0.39 is 17.2 Å². The molecular formula is C16H10F2N6O2. The molecule has 26 heavy (non-hydrogen) atoms. The Morgan fingerprint density at radius 3 is 2.62 bits per heavy atom. The van der Waals surface area contributed by atoms with E-state index in [4.69, 9.17) is 10.00 Å². The molecular weight excluding hydrogens is 346 g/mol. The first-order chi connectivity index (χ1) is 12.6. The standard InChI is InChI=1S/C16H10F2N6O2/c17-9-5-8-13(12(18)14(9)23-1-3-26-4-2-23)24-11(7-20)10(6-19)21-16(24)22-15(8)25/h5H,1-4H2,(H,21,22,25). The van der Waals surface area contributed by atoms with Crippen molar-refractivity contribution in [3.8, 4) is 12.1 Å². The number of nitriles is 2. The minimum atomic E-state index is -0.989. The van der Waals surface area contributed by atoms with E-state index in [-0.39, 0.29) is 46.8 Å². The summed E-state index contributed by atoms with van der Waals surface area (Å²) in [5.74, 6) is -2.04. The molecule has 0 aliphatic carbocycles. The third-order valence-corrected chi connectivity index (χ3v) is 4.28. The van der Waals surface area contributed by atoms with Crippen molar-refractivity contribution in [3.63, 3.8) is 0 Å². The molecule has 1 fully saturated rings. The zero-order chi connectivity index (χ0) is 18.4. The minimum absolute atomic E-state index is 0.158. The van der Waals surface area contributed by atoms with Gasteiger partial charge in [0.05, 0.1) is 18.6 Å². The first-order valence-corrected chi connectivity index (χ1v) is 7.66. The van der Waals surface area contributed by atoms with Gasteiger partial charge in [0.25, 0.3) is 5.56 Å². The molecule has 10 heteroatoms. The number of halogens is 2. The second-order valence-corrected chi connectivity index (χ2v) is 5.66. The van der Waals surface area contributed by atoms with Gasteiger partial charge in [-0.25, -0.2) is 8.78 Å². The van der Waals surface area contributed by atoms with E-state index >= 15 is 4.39 Å². The number of imidazole rings is 1. The predicted octanol–water partition coefficient (Wildman–Crippen LogP) is 1.03. The highest BCUT2D eigenvalue weighted by molar-refractivity contribution is 5.86. The van der Waals surface area contributed by atoms with Crippen LogP contribution in [0, 0.1) is 34.3 Å². The molecule has 0 radical (unpaired) electrons. The Morgan fingerprint density at radius 1 is 1.23 bits per heavy atom. The molecule has 0 unspecified atom stereocenters. The Bertz CT molecular complexity index is 1190. The van der Waals surface area contributed by atoms with E-state index in [1.54, 1.807) is 12.1 Å². The van der Waals surface area contributed by atoms with Crippen LogP contribution in [0.2, 0.25) is 0 Å². The number of rotatable bonds is 1. The number of hydrogen-bond acceptors (Lipinski definition) is 6. The summed E-state index contributed by atoms with van der Waals surface area (Å²) in [4.78, 5) is 19.9. The first kappa shape index (κ1) is 16.0. The maximum absolute atomic E-state index is 15.3. The molecule has 1 aliphatic rings. The lowest BCUT2D eigenvalue weighted by Crippen LogP contribution is -2.37. The minimum Gasteiger partial charge on any atom is -0.378 e. The summed E-state index contributed by atoms with van der Waals surface area (Å²) in [5, 5.41) is 18.2. The van der Waals surface area contributed by atoms with Crippen LogP contribution in [0.15, 0.2) is 10.9 Å². The van der Waals surface area contributed by atoms with Crippen molar-refractivity contribution < 1.29 is 13.5 Å². The largest absolute Gasteiger partial charge is 0.378 e. The Kier molecular flexibility index (Phi) is 3.56. The fourth-order valence-corrected chi connectivity index (χ4v) is 3.14. The van der Waals surface area contributed by atoms with E-state index in [1.807, 2.05) is 0 Å². The Morgan fingerprint density at radius 2 is 1.96 bits per heavy atom. The maximum atomic E-state index is 15.3. The number of H-pyrrole nitrogens is 1. The fraction of sp³-hybridized carbons (Fsp3) is 0.250. The topological polar surface area (TPSA) is 110 Å². The van der Waals surface area contributed by atoms with Gasteiger partial charge < -0.3 is 9.64 Å². The number of fused-ring (bicyclic) bond motifs is 3. The van der Waals surface area contributed by atoms with Crippen molar-refractivity contribution in [1.82, 2.24) is 14.4 Å². The van der Waals surface area contributed by atoms with Crippen LogP contribution in [0.5, 0.6) is 0 Å². The third-order valence-electron chi connectivity index (χ3n) is 4.28. The molecule has 3 heterocycles. The van der Waals surface area contributed by atoms with E-state index in [1.165, 1.54) is 4.90 Å². The van der Waals surface area contributed by atoms with E-state index in [0.717, 1.165) is 10.5 Å². The van der Waals surface area contributed by atoms with Crippen molar-refractivity contribution >= 4 is 22.4 Å². The molecule has 1 aromatic carbocycles. The first-order valence-electron chi connectivity index (χ1n) is 7.66. The number of benzene rings is 1. The summed E-state index contributed by atoms with van der Waals surface area (Å²) in [5.41, 5.74) is -1.85. The molecule has 3 aromatic rings. The number of aromatic nitrogens is 3. The van der Waals surface area contributed by atoms with Gasteiger partial charge >= 0.3 is 0 Å². The van der Waals surface area contributed by atoms with Crippen molar-refractivity contribution in [2.75, 3.05) is 31.2 Å². The van der Waals surface area contributed by atoms with Crippen LogP contribution in [-0.2, 0) is 4.74 Å². The highest BCUT2D eigenvalue weighted by atomic mass is 19.1. The van der Waals surface area contributed by atoms with Crippen LogP contribution >= 0.6 is 0 Å². The Hall–Kier alpha value is -3.50. The third kappa shape index (κ3) is 2.13. The van der Waals surface area contributed by atoms with Crippen LogP contribution in [0.1, 0.15) is 11.4 Å². The maximum Gasteiger partial charge on any atom is 0.260 e. The SMILES string of the molecule is N#Cc1nc2[nH]c(=O)c3cc(F)c(N4CCOCC4)c(F)c3n2c1C#N. The molecule has 4 rings (SSSR count). The van der Waals surface area contributed by atoms with Gasteiger partial charge in [-0.15, -0.1) is 0 Å². The van der Waals surface area contributed by atoms with Crippen LogP contribution in [0.3, 0.4) is 0 Å². The zero-order valence-electron chi connectivity index (χ0n) is 13.2. The van der Waals surface area contributed by atoms with Crippen LogP contribution in [0.25, 0.3) is 16.7 Å². The molecule has 2 aromatic heterocycles. The number of anilines is 1. The molecule has 1 saturated heterocycles. The van der Waals surface area contributed by atoms with Crippen LogP contribution in [0.4, 0.5) is 14.5 Å². The van der Waals surface area contributed by atoms with Gasteiger partial charge in [0.1, 0.15) is 29.2 Å². The van der Waals surface area contributed by atoms with Crippen molar-refractivity contribution in [2.24, 2.45) is 0 Å². The highest BCUT2D eigenvalue weighted by Gasteiger charge is 2.26. The number of ether oxygens (including phenoxy) is 1. The van der Waals surface area contributed by atoms with Gasteiger partial charge in [0.15, 0.2) is 17.2 Å². The van der Waals surface area contributed by atoms with Crippen molar-refractivity contribution in [1.29, 1.82) is 10.5 Å². The average molecular weight is 356 g/mol. The van der Waals surface area contributed by atoms with Gasteiger partial charge in [0.2, 0.25) is 5.78 Å². The smallest absolute Gasteiger partial charge is 0.260 e. The van der Waals surface area contributed by atoms with Crippen molar-refractivity contribution in [2.45, 2.75) is 0 Å². The fourth-order valence-electron chi connectivity index (χ4n) is 3.14. The number of morpholine rings is 1. The highest BCUT2D eigenvalue weighted by Crippen LogP contribution is 2.31. The summed E-state index contributed by atoms with van der Waals surface area (Å²) >= 11 is 0.